The second-order valence-corrected chi connectivity index (χ2v) is 6.52. The van der Waals surface area contributed by atoms with E-state index in [1.807, 2.05) is 0 Å². The number of aromatic nitrogens is 2. The van der Waals surface area contributed by atoms with Crippen molar-refractivity contribution < 1.29 is 4.74 Å². The minimum absolute atomic E-state index is 0.284. The van der Waals surface area contributed by atoms with Crippen LogP contribution >= 0.6 is 0 Å². The molecule has 2 atom stereocenters. The molecule has 1 saturated heterocycles. The average molecular weight is 292 g/mol. The standard InChI is InChI=1S/C16H28N4O/c1-5-14-10-21-11(2)9-20(14)16-15(8-17-13-6-7-13)12(3)18-19(16)4/h11,13-14,17H,5-10H2,1-4H3. The Balaban J connectivity index is 1.87. The van der Waals surface area contributed by atoms with Crippen LogP contribution in [0.25, 0.3) is 0 Å². The largest absolute Gasteiger partial charge is 0.375 e. The third-order valence-electron chi connectivity index (χ3n) is 4.67. The van der Waals surface area contributed by atoms with Gasteiger partial charge in [0.05, 0.1) is 24.4 Å². The first-order valence-corrected chi connectivity index (χ1v) is 8.24. The molecule has 2 aliphatic rings. The van der Waals surface area contributed by atoms with Crippen LogP contribution in [0.2, 0.25) is 0 Å². The van der Waals surface area contributed by atoms with Gasteiger partial charge in [0, 0.05) is 31.7 Å². The zero-order valence-corrected chi connectivity index (χ0v) is 13.7. The van der Waals surface area contributed by atoms with Crippen LogP contribution in [0.5, 0.6) is 0 Å². The van der Waals surface area contributed by atoms with E-state index in [9.17, 15) is 0 Å². The van der Waals surface area contributed by atoms with Crippen LogP contribution in [0.4, 0.5) is 5.82 Å². The van der Waals surface area contributed by atoms with Crippen LogP contribution in [-0.4, -0.2) is 41.1 Å². The summed E-state index contributed by atoms with van der Waals surface area (Å²) in [4.78, 5) is 2.51. The average Bonchev–Trinajstić information content (AvgIpc) is 3.22. The third-order valence-corrected chi connectivity index (χ3v) is 4.67. The molecule has 1 saturated carbocycles. The monoisotopic (exact) mass is 292 g/mol. The molecule has 0 amide bonds. The lowest BCUT2D eigenvalue weighted by atomic mass is 10.1. The fourth-order valence-electron chi connectivity index (χ4n) is 3.23. The van der Waals surface area contributed by atoms with Gasteiger partial charge in [0.1, 0.15) is 5.82 Å². The third kappa shape index (κ3) is 3.09. The van der Waals surface area contributed by atoms with E-state index in [0.29, 0.717) is 6.04 Å². The van der Waals surface area contributed by atoms with Crippen LogP contribution in [0.1, 0.15) is 44.4 Å². The summed E-state index contributed by atoms with van der Waals surface area (Å²) in [5, 5.41) is 8.31. The first-order valence-electron chi connectivity index (χ1n) is 8.24. The van der Waals surface area contributed by atoms with Crippen molar-refractivity contribution in [1.29, 1.82) is 0 Å². The van der Waals surface area contributed by atoms with E-state index in [1.165, 1.54) is 24.2 Å². The van der Waals surface area contributed by atoms with Crippen LogP contribution in [-0.2, 0) is 18.3 Å². The van der Waals surface area contributed by atoms with Gasteiger partial charge in [-0.25, -0.2) is 0 Å². The van der Waals surface area contributed by atoms with Gasteiger partial charge in [-0.15, -0.1) is 0 Å². The second-order valence-electron chi connectivity index (χ2n) is 6.52. The normalized spacial score (nSPS) is 26.4. The molecule has 5 nitrogen and oxygen atoms in total. The number of aryl methyl sites for hydroxylation is 2. The fraction of sp³-hybridized carbons (Fsp3) is 0.812. The summed E-state index contributed by atoms with van der Waals surface area (Å²) in [5.74, 6) is 1.28. The quantitative estimate of drug-likeness (QED) is 0.901. The van der Waals surface area contributed by atoms with Crippen LogP contribution in [0.15, 0.2) is 0 Å². The van der Waals surface area contributed by atoms with Crippen molar-refractivity contribution in [2.24, 2.45) is 7.05 Å². The number of ether oxygens (including phenoxy) is 1. The number of hydrogen-bond acceptors (Lipinski definition) is 4. The summed E-state index contributed by atoms with van der Waals surface area (Å²) < 4.78 is 7.90. The van der Waals surface area contributed by atoms with Gasteiger partial charge in [-0.2, -0.15) is 5.10 Å². The lowest BCUT2D eigenvalue weighted by Crippen LogP contribution is -2.49. The highest BCUT2D eigenvalue weighted by atomic mass is 16.5. The van der Waals surface area contributed by atoms with Crippen molar-refractivity contribution in [3.63, 3.8) is 0 Å². The van der Waals surface area contributed by atoms with Crippen molar-refractivity contribution >= 4 is 5.82 Å². The molecule has 21 heavy (non-hydrogen) atoms. The molecular formula is C16H28N4O. The van der Waals surface area contributed by atoms with E-state index in [0.717, 1.165) is 37.9 Å². The molecule has 1 aliphatic carbocycles. The Morgan fingerprint density at radius 1 is 1.38 bits per heavy atom. The SMILES string of the molecule is CCC1COC(C)CN1c1c(CNC2CC2)c(C)nn1C. The Hall–Kier alpha value is -1.07. The van der Waals surface area contributed by atoms with Crippen LogP contribution in [0, 0.1) is 6.92 Å². The minimum atomic E-state index is 0.284. The summed E-state index contributed by atoms with van der Waals surface area (Å²) in [7, 11) is 2.07. The first-order chi connectivity index (χ1) is 10.1. The molecule has 1 aromatic rings. The fourth-order valence-corrected chi connectivity index (χ4v) is 3.23. The predicted molar refractivity (Wildman–Crippen MR) is 84.6 cm³/mol. The number of anilines is 1. The summed E-state index contributed by atoms with van der Waals surface area (Å²) in [6.07, 6.45) is 4.03. The summed E-state index contributed by atoms with van der Waals surface area (Å²) >= 11 is 0. The smallest absolute Gasteiger partial charge is 0.131 e. The van der Waals surface area contributed by atoms with E-state index in [1.54, 1.807) is 0 Å². The van der Waals surface area contributed by atoms with E-state index < -0.39 is 0 Å². The second kappa shape index (κ2) is 5.97. The van der Waals surface area contributed by atoms with E-state index in [4.69, 9.17) is 4.74 Å². The lowest BCUT2D eigenvalue weighted by Gasteiger charge is -2.40. The predicted octanol–water partition coefficient (Wildman–Crippen LogP) is 1.98. The Morgan fingerprint density at radius 3 is 2.81 bits per heavy atom. The van der Waals surface area contributed by atoms with Crippen molar-refractivity contribution in [3.05, 3.63) is 11.3 Å². The van der Waals surface area contributed by atoms with Gasteiger partial charge in [-0.05, 0) is 33.1 Å². The molecule has 2 fully saturated rings. The number of rotatable bonds is 5. The lowest BCUT2D eigenvalue weighted by molar-refractivity contribution is 0.0292. The van der Waals surface area contributed by atoms with E-state index in [-0.39, 0.29) is 6.10 Å². The molecule has 5 heteroatoms. The van der Waals surface area contributed by atoms with Crippen LogP contribution in [0.3, 0.4) is 0 Å². The molecule has 1 aromatic heterocycles. The van der Waals surface area contributed by atoms with E-state index >= 15 is 0 Å². The van der Waals surface area contributed by atoms with E-state index in [2.05, 4.69) is 47.8 Å². The molecule has 1 N–H and O–H groups in total. The summed E-state index contributed by atoms with van der Waals surface area (Å²) in [6.45, 7) is 9.22. The molecule has 118 valence electrons. The Bertz CT molecular complexity index is 495. The molecule has 0 spiro atoms. The van der Waals surface area contributed by atoms with Gasteiger partial charge in [0.15, 0.2) is 0 Å². The molecule has 1 aliphatic heterocycles. The maximum absolute atomic E-state index is 5.84. The molecular weight excluding hydrogens is 264 g/mol. The van der Waals surface area contributed by atoms with Crippen molar-refractivity contribution in [3.8, 4) is 0 Å². The zero-order chi connectivity index (χ0) is 15.0. The zero-order valence-electron chi connectivity index (χ0n) is 13.7. The highest BCUT2D eigenvalue weighted by molar-refractivity contribution is 5.51. The highest BCUT2D eigenvalue weighted by Crippen LogP contribution is 2.29. The molecule has 0 radical (unpaired) electrons. The summed E-state index contributed by atoms with van der Waals surface area (Å²) in [5.41, 5.74) is 2.51. The Labute approximate surface area is 127 Å². The summed E-state index contributed by atoms with van der Waals surface area (Å²) in [6, 6.07) is 1.18. The molecule has 0 aromatic carbocycles. The molecule has 3 rings (SSSR count). The Morgan fingerprint density at radius 2 is 2.14 bits per heavy atom. The number of nitrogens with one attached hydrogen (secondary N) is 1. The van der Waals surface area contributed by atoms with Gasteiger partial charge in [-0.1, -0.05) is 6.92 Å². The maximum atomic E-state index is 5.84. The van der Waals surface area contributed by atoms with Gasteiger partial charge in [0.2, 0.25) is 0 Å². The van der Waals surface area contributed by atoms with Gasteiger partial charge >= 0.3 is 0 Å². The number of hydrogen-bond donors (Lipinski definition) is 1. The maximum Gasteiger partial charge on any atom is 0.131 e. The molecule has 2 unspecified atom stereocenters. The highest BCUT2D eigenvalue weighted by Gasteiger charge is 2.31. The van der Waals surface area contributed by atoms with Crippen molar-refractivity contribution in [1.82, 2.24) is 15.1 Å². The topological polar surface area (TPSA) is 42.3 Å². The van der Waals surface area contributed by atoms with Crippen molar-refractivity contribution in [2.45, 2.75) is 64.8 Å². The Kier molecular flexibility index (Phi) is 4.22. The first kappa shape index (κ1) is 14.9. The molecule has 0 bridgehead atoms. The number of nitrogens with zero attached hydrogens (tertiary/aromatic N) is 3. The van der Waals surface area contributed by atoms with Crippen molar-refractivity contribution in [2.75, 3.05) is 18.1 Å². The number of morpholine rings is 1. The minimum Gasteiger partial charge on any atom is -0.375 e. The van der Waals surface area contributed by atoms with Gasteiger partial charge < -0.3 is 15.0 Å². The van der Waals surface area contributed by atoms with Crippen LogP contribution < -0.4 is 10.2 Å². The van der Waals surface area contributed by atoms with Gasteiger partial charge in [-0.3, -0.25) is 4.68 Å². The van der Waals surface area contributed by atoms with Gasteiger partial charge in [0.25, 0.3) is 0 Å². The molecule has 2 heterocycles.